The van der Waals surface area contributed by atoms with Crippen molar-refractivity contribution in [3.8, 4) is 11.8 Å². The number of carbonyl (C=O) groups is 3. The second kappa shape index (κ2) is 10.9. The van der Waals surface area contributed by atoms with Crippen LogP contribution in [-0.2, 0) is 14.3 Å². The molecule has 1 saturated carbocycles. The number of carboxylic acids is 1. The van der Waals surface area contributed by atoms with Crippen LogP contribution < -0.4 is 4.90 Å². The van der Waals surface area contributed by atoms with Crippen molar-refractivity contribution in [3.05, 3.63) is 15.8 Å². The van der Waals surface area contributed by atoms with E-state index in [1.165, 1.54) is 4.90 Å². The molecule has 2 heterocycles. The van der Waals surface area contributed by atoms with Crippen molar-refractivity contribution in [1.82, 2.24) is 4.90 Å². The number of amides is 2. The Hall–Kier alpha value is -2.41. The molecule has 186 valence electrons. The maximum atomic E-state index is 13.7. The first-order valence-corrected chi connectivity index (χ1v) is 12.5. The van der Waals surface area contributed by atoms with Gasteiger partial charge in [0.15, 0.2) is 0 Å². The van der Waals surface area contributed by atoms with Crippen LogP contribution >= 0.6 is 11.3 Å². The van der Waals surface area contributed by atoms with Crippen molar-refractivity contribution in [3.63, 3.8) is 0 Å². The molecule has 8 nitrogen and oxygen atoms in total. The standard InChI is InChI=1S/C25H34N2O6S/c1-16-5-6-17(13-20(16)28)23(30)27(15-21(29)26-9-11-33-12-10-26)19-14-18(7-8-25(2,3)4)34-22(19)24(31)32/h14,16-17,20,28H,5-6,9-13,15H2,1-4H3,(H,31,32). The number of nitrogens with zero attached hydrogens (tertiary/aromatic N) is 2. The zero-order valence-electron chi connectivity index (χ0n) is 20.3. The molecule has 1 aliphatic heterocycles. The summed E-state index contributed by atoms with van der Waals surface area (Å²) in [5.74, 6) is 3.98. The number of anilines is 1. The summed E-state index contributed by atoms with van der Waals surface area (Å²) in [4.78, 5) is 42.3. The van der Waals surface area contributed by atoms with Crippen molar-refractivity contribution >= 4 is 34.8 Å². The molecule has 2 fully saturated rings. The van der Waals surface area contributed by atoms with Gasteiger partial charge in [-0.05, 0) is 52.0 Å². The number of hydrogen-bond donors (Lipinski definition) is 2. The molecule has 2 aliphatic rings. The summed E-state index contributed by atoms with van der Waals surface area (Å²) in [5.41, 5.74) is -0.0833. The topological polar surface area (TPSA) is 107 Å². The molecular formula is C25H34N2O6S. The highest BCUT2D eigenvalue weighted by atomic mass is 32.1. The van der Waals surface area contributed by atoms with Gasteiger partial charge in [-0.3, -0.25) is 9.59 Å². The quantitative estimate of drug-likeness (QED) is 0.615. The molecule has 3 atom stereocenters. The van der Waals surface area contributed by atoms with Gasteiger partial charge in [-0.15, -0.1) is 11.3 Å². The highest BCUT2D eigenvalue weighted by Crippen LogP contribution is 2.35. The number of ether oxygens (including phenoxy) is 1. The van der Waals surface area contributed by atoms with E-state index in [1.54, 1.807) is 11.0 Å². The summed E-state index contributed by atoms with van der Waals surface area (Å²) >= 11 is 1.00. The Bertz CT molecular complexity index is 980. The summed E-state index contributed by atoms with van der Waals surface area (Å²) in [6.45, 7) is 9.28. The first kappa shape index (κ1) is 26.2. The van der Waals surface area contributed by atoms with Crippen LogP contribution in [0.4, 0.5) is 5.69 Å². The highest BCUT2D eigenvalue weighted by Gasteiger charge is 2.36. The molecule has 2 N–H and O–H groups in total. The minimum Gasteiger partial charge on any atom is -0.477 e. The number of carboxylic acid groups (broad SMARTS) is 1. The van der Waals surface area contributed by atoms with E-state index >= 15 is 0 Å². The van der Waals surface area contributed by atoms with Gasteiger partial charge in [0.1, 0.15) is 11.4 Å². The number of carbonyl (C=O) groups excluding carboxylic acids is 2. The molecule has 0 radical (unpaired) electrons. The number of hydrogen-bond acceptors (Lipinski definition) is 6. The predicted octanol–water partition coefficient (Wildman–Crippen LogP) is 2.83. The fraction of sp³-hybridized carbons (Fsp3) is 0.640. The predicted molar refractivity (Wildman–Crippen MR) is 130 cm³/mol. The smallest absolute Gasteiger partial charge is 0.348 e. The van der Waals surface area contributed by atoms with Gasteiger partial charge in [0.25, 0.3) is 0 Å². The third kappa shape index (κ3) is 6.59. The van der Waals surface area contributed by atoms with Crippen molar-refractivity contribution in [2.45, 2.75) is 53.1 Å². The summed E-state index contributed by atoms with van der Waals surface area (Å²) in [7, 11) is 0. The van der Waals surface area contributed by atoms with E-state index in [9.17, 15) is 24.6 Å². The number of morpholine rings is 1. The van der Waals surface area contributed by atoms with Crippen LogP contribution in [-0.4, -0.2) is 71.8 Å². The van der Waals surface area contributed by atoms with Gasteiger partial charge in [0.2, 0.25) is 11.8 Å². The largest absolute Gasteiger partial charge is 0.477 e. The lowest BCUT2D eigenvalue weighted by molar-refractivity contribution is -0.136. The SMILES string of the molecule is CC1CCC(C(=O)N(CC(=O)N2CCOCC2)c2cc(C#CC(C)(C)C)sc2C(=O)O)CC1O. The van der Waals surface area contributed by atoms with E-state index in [0.717, 1.165) is 11.3 Å². The Kier molecular flexibility index (Phi) is 8.39. The lowest BCUT2D eigenvalue weighted by atomic mass is 9.80. The lowest BCUT2D eigenvalue weighted by Gasteiger charge is -2.35. The first-order chi connectivity index (χ1) is 16.0. The highest BCUT2D eigenvalue weighted by molar-refractivity contribution is 7.15. The second-order valence-electron chi connectivity index (χ2n) is 10.1. The van der Waals surface area contributed by atoms with Crippen LogP contribution in [0.3, 0.4) is 0 Å². The van der Waals surface area contributed by atoms with E-state index < -0.39 is 18.0 Å². The minimum atomic E-state index is -1.17. The molecule has 0 aromatic carbocycles. The van der Waals surface area contributed by atoms with E-state index in [1.807, 2.05) is 27.7 Å². The number of rotatable bonds is 5. The maximum absolute atomic E-state index is 13.7. The maximum Gasteiger partial charge on any atom is 0.348 e. The number of aliphatic hydroxyl groups is 1. The molecular weight excluding hydrogens is 456 g/mol. The summed E-state index contributed by atoms with van der Waals surface area (Å²) in [6, 6.07) is 1.60. The number of aromatic carboxylic acids is 1. The monoisotopic (exact) mass is 490 g/mol. The minimum absolute atomic E-state index is 0.0222. The normalized spacial score (nSPS) is 23.1. The van der Waals surface area contributed by atoms with E-state index in [2.05, 4.69) is 11.8 Å². The molecule has 1 aromatic heterocycles. The average Bonchev–Trinajstić information content (AvgIpc) is 3.22. The van der Waals surface area contributed by atoms with Crippen LogP contribution in [0.15, 0.2) is 6.07 Å². The Morgan fingerprint density at radius 1 is 1.24 bits per heavy atom. The van der Waals surface area contributed by atoms with Gasteiger partial charge in [0, 0.05) is 24.4 Å². The van der Waals surface area contributed by atoms with Gasteiger partial charge >= 0.3 is 5.97 Å². The van der Waals surface area contributed by atoms with E-state index in [0.29, 0.717) is 50.4 Å². The number of aliphatic hydroxyl groups excluding tert-OH is 1. The Morgan fingerprint density at radius 3 is 2.50 bits per heavy atom. The van der Waals surface area contributed by atoms with Crippen molar-refractivity contribution in [1.29, 1.82) is 0 Å². The van der Waals surface area contributed by atoms with Gasteiger partial charge < -0.3 is 24.7 Å². The third-order valence-electron chi connectivity index (χ3n) is 6.18. The Balaban J connectivity index is 1.97. The molecule has 3 rings (SSSR count). The summed E-state index contributed by atoms with van der Waals surface area (Å²) in [6.07, 6.45) is 0.975. The molecule has 34 heavy (non-hydrogen) atoms. The third-order valence-corrected chi connectivity index (χ3v) is 7.21. The molecule has 9 heteroatoms. The van der Waals surface area contributed by atoms with Crippen molar-refractivity contribution < 1.29 is 29.3 Å². The van der Waals surface area contributed by atoms with Crippen molar-refractivity contribution in [2.24, 2.45) is 17.3 Å². The summed E-state index contributed by atoms with van der Waals surface area (Å²) < 4.78 is 5.32. The zero-order chi connectivity index (χ0) is 25.0. The molecule has 0 bridgehead atoms. The first-order valence-electron chi connectivity index (χ1n) is 11.7. The van der Waals surface area contributed by atoms with Gasteiger partial charge in [0.05, 0.1) is 29.9 Å². The Labute approximate surface area is 204 Å². The fourth-order valence-corrected chi connectivity index (χ4v) is 4.97. The van der Waals surface area contributed by atoms with Gasteiger partial charge in [-0.2, -0.15) is 0 Å². The molecule has 2 amide bonds. The second-order valence-corrected chi connectivity index (χ2v) is 11.2. The van der Waals surface area contributed by atoms with Gasteiger partial charge in [-0.25, -0.2) is 4.79 Å². The average molecular weight is 491 g/mol. The van der Waals surface area contributed by atoms with E-state index in [4.69, 9.17) is 4.74 Å². The lowest BCUT2D eigenvalue weighted by Crippen LogP contribution is -2.49. The van der Waals surface area contributed by atoms with Gasteiger partial charge in [-0.1, -0.05) is 18.8 Å². The van der Waals surface area contributed by atoms with Crippen LogP contribution in [0.1, 0.15) is 61.5 Å². The Morgan fingerprint density at radius 2 is 1.91 bits per heavy atom. The summed E-state index contributed by atoms with van der Waals surface area (Å²) in [5, 5.41) is 20.2. The fourth-order valence-electron chi connectivity index (χ4n) is 4.12. The van der Waals surface area contributed by atoms with Crippen LogP contribution in [0, 0.1) is 29.1 Å². The van der Waals surface area contributed by atoms with Crippen LogP contribution in [0.5, 0.6) is 0 Å². The zero-order valence-corrected chi connectivity index (χ0v) is 21.1. The van der Waals surface area contributed by atoms with Crippen LogP contribution in [0.25, 0.3) is 0 Å². The molecule has 1 saturated heterocycles. The molecule has 1 aliphatic carbocycles. The van der Waals surface area contributed by atoms with E-state index in [-0.39, 0.29) is 40.3 Å². The number of thiophene rings is 1. The van der Waals surface area contributed by atoms with Crippen molar-refractivity contribution in [2.75, 3.05) is 37.7 Å². The molecule has 3 unspecified atom stereocenters. The van der Waals surface area contributed by atoms with Crippen LogP contribution in [0.2, 0.25) is 0 Å². The molecule has 1 aromatic rings. The molecule has 0 spiro atoms.